The van der Waals surface area contributed by atoms with Crippen LogP contribution in [-0.2, 0) is 13.1 Å². The molecule has 0 amide bonds. The molecule has 2 aromatic carbocycles. The first-order valence-electron chi connectivity index (χ1n) is 12.1. The summed E-state index contributed by atoms with van der Waals surface area (Å²) in [6.07, 6.45) is 12.6. The van der Waals surface area contributed by atoms with Crippen molar-refractivity contribution in [2.45, 2.75) is 91.1 Å². The number of halogens is 1. The molecule has 0 saturated carbocycles. The molecule has 0 heterocycles. The lowest BCUT2D eigenvalue weighted by Crippen LogP contribution is -2.16. The molecule has 0 spiro atoms. The SMILES string of the molecule is CCCCCCCNCc1c(O)ccc2c(CNCCCCCCC)c(O)ccc12.Cl. The summed E-state index contributed by atoms with van der Waals surface area (Å²) < 4.78 is 0. The Kier molecular flexibility index (Phi) is 14.4. The summed E-state index contributed by atoms with van der Waals surface area (Å²) in [5.74, 6) is 0.642. The quantitative estimate of drug-likeness (QED) is 0.212. The van der Waals surface area contributed by atoms with E-state index in [9.17, 15) is 10.2 Å². The predicted octanol–water partition coefficient (Wildman–Crippen LogP) is 6.79. The number of phenolic OH excluding ortho intramolecular Hbond substituents is 2. The van der Waals surface area contributed by atoms with Gasteiger partial charge < -0.3 is 20.8 Å². The van der Waals surface area contributed by atoms with E-state index in [4.69, 9.17) is 0 Å². The molecule has 176 valence electrons. The van der Waals surface area contributed by atoms with E-state index < -0.39 is 0 Å². The van der Waals surface area contributed by atoms with Gasteiger partial charge in [-0.3, -0.25) is 0 Å². The van der Waals surface area contributed by atoms with Gasteiger partial charge in [0.1, 0.15) is 11.5 Å². The third-order valence-electron chi connectivity index (χ3n) is 5.89. The second kappa shape index (κ2) is 16.2. The Morgan fingerprint density at radius 2 is 0.968 bits per heavy atom. The van der Waals surface area contributed by atoms with E-state index in [1.807, 2.05) is 12.1 Å². The van der Waals surface area contributed by atoms with Crippen molar-refractivity contribution in [3.05, 3.63) is 35.4 Å². The highest BCUT2D eigenvalue weighted by Crippen LogP contribution is 2.33. The highest BCUT2D eigenvalue weighted by molar-refractivity contribution is 5.92. The van der Waals surface area contributed by atoms with Crippen LogP contribution in [0.25, 0.3) is 10.8 Å². The molecule has 0 saturated heterocycles. The molecule has 0 aromatic heterocycles. The van der Waals surface area contributed by atoms with Crippen LogP contribution in [0.3, 0.4) is 0 Å². The Morgan fingerprint density at radius 3 is 1.35 bits per heavy atom. The van der Waals surface area contributed by atoms with E-state index in [0.29, 0.717) is 24.6 Å². The standard InChI is InChI=1S/C26H42N2O2.ClH/c1-3-5-7-9-11-17-27-19-23-21-13-16-26(30)24(22(21)14-15-25(23)29)20-28-18-12-10-8-6-4-2;/h13-16,27-30H,3-12,17-20H2,1-2H3;1H. The van der Waals surface area contributed by atoms with Crippen LogP contribution in [0.1, 0.15) is 89.2 Å². The van der Waals surface area contributed by atoms with Crippen LogP contribution in [0.4, 0.5) is 0 Å². The number of fused-ring (bicyclic) bond motifs is 1. The van der Waals surface area contributed by atoms with Crippen LogP contribution in [0, 0.1) is 0 Å². The Balaban J connectivity index is 0.00000480. The molecule has 4 nitrogen and oxygen atoms in total. The summed E-state index contributed by atoms with van der Waals surface area (Å²) in [5.41, 5.74) is 1.84. The minimum atomic E-state index is 0. The Morgan fingerprint density at radius 1 is 0.581 bits per heavy atom. The van der Waals surface area contributed by atoms with Crippen molar-refractivity contribution in [2.75, 3.05) is 13.1 Å². The van der Waals surface area contributed by atoms with Crippen molar-refractivity contribution in [3.8, 4) is 11.5 Å². The van der Waals surface area contributed by atoms with E-state index in [0.717, 1.165) is 35.0 Å². The van der Waals surface area contributed by atoms with Gasteiger partial charge in [0.25, 0.3) is 0 Å². The number of hydrogen-bond acceptors (Lipinski definition) is 4. The van der Waals surface area contributed by atoms with E-state index in [1.54, 1.807) is 12.1 Å². The first-order valence-corrected chi connectivity index (χ1v) is 12.1. The van der Waals surface area contributed by atoms with Gasteiger partial charge in [-0.25, -0.2) is 0 Å². The molecule has 5 heteroatoms. The van der Waals surface area contributed by atoms with E-state index >= 15 is 0 Å². The molecule has 0 fully saturated rings. The lowest BCUT2D eigenvalue weighted by Gasteiger charge is -2.15. The summed E-state index contributed by atoms with van der Waals surface area (Å²) in [5, 5.41) is 29.9. The fourth-order valence-corrected chi connectivity index (χ4v) is 4.01. The van der Waals surface area contributed by atoms with Crippen molar-refractivity contribution < 1.29 is 10.2 Å². The normalized spacial score (nSPS) is 11.0. The fraction of sp³-hybridized carbons (Fsp3) is 0.615. The lowest BCUT2D eigenvalue weighted by molar-refractivity contribution is 0.462. The Hall–Kier alpha value is -1.49. The molecule has 0 atom stereocenters. The van der Waals surface area contributed by atoms with Gasteiger partial charge in [-0.15, -0.1) is 12.4 Å². The molecule has 2 rings (SSSR count). The van der Waals surface area contributed by atoms with E-state index in [1.165, 1.54) is 64.2 Å². The Labute approximate surface area is 195 Å². The zero-order valence-corrected chi connectivity index (χ0v) is 20.3. The molecule has 2 aromatic rings. The number of rotatable bonds is 16. The molecule has 0 unspecified atom stereocenters. The number of hydrogen-bond donors (Lipinski definition) is 4. The van der Waals surface area contributed by atoms with Crippen molar-refractivity contribution in [1.29, 1.82) is 0 Å². The monoisotopic (exact) mass is 450 g/mol. The van der Waals surface area contributed by atoms with Crippen LogP contribution in [-0.4, -0.2) is 23.3 Å². The molecule has 31 heavy (non-hydrogen) atoms. The first-order chi connectivity index (χ1) is 14.7. The molecular formula is C26H43ClN2O2. The smallest absolute Gasteiger partial charge is 0.120 e. The van der Waals surface area contributed by atoms with Gasteiger partial charge in [0.2, 0.25) is 0 Å². The number of nitrogens with one attached hydrogen (secondary N) is 2. The predicted molar refractivity (Wildman–Crippen MR) is 135 cm³/mol. The molecule has 4 N–H and O–H groups in total. The highest BCUT2D eigenvalue weighted by Gasteiger charge is 2.12. The molecule has 0 aliphatic carbocycles. The number of aromatic hydroxyl groups is 2. The van der Waals surface area contributed by atoms with Crippen LogP contribution >= 0.6 is 12.4 Å². The minimum Gasteiger partial charge on any atom is -0.508 e. The number of unbranched alkanes of at least 4 members (excludes halogenated alkanes) is 8. The van der Waals surface area contributed by atoms with Gasteiger partial charge >= 0.3 is 0 Å². The summed E-state index contributed by atoms with van der Waals surface area (Å²) in [6, 6.07) is 7.37. The molecule has 0 radical (unpaired) electrons. The maximum atomic E-state index is 10.4. The molecule has 0 bridgehead atoms. The van der Waals surface area contributed by atoms with Gasteiger partial charge in [-0.2, -0.15) is 0 Å². The third-order valence-corrected chi connectivity index (χ3v) is 5.89. The van der Waals surface area contributed by atoms with Crippen LogP contribution in [0.15, 0.2) is 24.3 Å². The zero-order chi connectivity index (χ0) is 21.6. The largest absolute Gasteiger partial charge is 0.508 e. The topological polar surface area (TPSA) is 64.5 Å². The second-order valence-corrected chi connectivity index (χ2v) is 8.40. The number of phenols is 2. The van der Waals surface area contributed by atoms with Gasteiger partial charge in [0.15, 0.2) is 0 Å². The minimum absolute atomic E-state index is 0. The summed E-state index contributed by atoms with van der Waals surface area (Å²) >= 11 is 0. The zero-order valence-electron chi connectivity index (χ0n) is 19.5. The molecular weight excluding hydrogens is 408 g/mol. The average Bonchev–Trinajstić information content (AvgIpc) is 2.75. The van der Waals surface area contributed by atoms with Crippen molar-refractivity contribution in [3.63, 3.8) is 0 Å². The Bertz CT molecular complexity index is 689. The van der Waals surface area contributed by atoms with Crippen LogP contribution in [0.2, 0.25) is 0 Å². The first kappa shape index (κ1) is 27.5. The molecule has 0 aliphatic heterocycles. The van der Waals surface area contributed by atoms with Crippen LogP contribution < -0.4 is 10.6 Å². The summed E-state index contributed by atoms with van der Waals surface area (Å²) in [6.45, 7) is 7.68. The van der Waals surface area contributed by atoms with Crippen LogP contribution in [0.5, 0.6) is 11.5 Å². The molecule has 0 aliphatic rings. The maximum Gasteiger partial charge on any atom is 0.120 e. The highest BCUT2D eigenvalue weighted by atomic mass is 35.5. The van der Waals surface area contributed by atoms with Crippen molar-refractivity contribution >= 4 is 23.2 Å². The van der Waals surface area contributed by atoms with Crippen molar-refractivity contribution in [1.82, 2.24) is 10.6 Å². The van der Waals surface area contributed by atoms with Crippen molar-refractivity contribution in [2.24, 2.45) is 0 Å². The van der Waals surface area contributed by atoms with E-state index in [-0.39, 0.29) is 12.4 Å². The maximum absolute atomic E-state index is 10.4. The summed E-state index contributed by atoms with van der Waals surface area (Å²) in [7, 11) is 0. The van der Waals surface area contributed by atoms with Gasteiger partial charge in [0, 0.05) is 24.2 Å². The summed E-state index contributed by atoms with van der Waals surface area (Å²) in [4.78, 5) is 0. The lowest BCUT2D eigenvalue weighted by atomic mass is 9.98. The fourth-order valence-electron chi connectivity index (χ4n) is 4.01. The number of benzene rings is 2. The average molecular weight is 451 g/mol. The second-order valence-electron chi connectivity index (χ2n) is 8.40. The third kappa shape index (κ3) is 9.26. The van der Waals surface area contributed by atoms with Gasteiger partial charge in [-0.05, 0) is 48.8 Å². The van der Waals surface area contributed by atoms with Gasteiger partial charge in [-0.1, -0.05) is 77.3 Å². The van der Waals surface area contributed by atoms with E-state index in [2.05, 4.69) is 24.5 Å². The van der Waals surface area contributed by atoms with Gasteiger partial charge in [0.05, 0.1) is 0 Å².